The highest BCUT2D eigenvalue weighted by atomic mass is 35.5. The smallest absolute Gasteiger partial charge is 0.257 e. The van der Waals surface area contributed by atoms with Gasteiger partial charge >= 0.3 is 0 Å². The van der Waals surface area contributed by atoms with Gasteiger partial charge in [-0.3, -0.25) is 4.79 Å². The number of amides is 1. The van der Waals surface area contributed by atoms with Crippen LogP contribution in [0.5, 0.6) is 0 Å². The molecule has 1 aromatic rings. The first-order chi connectivity index (χ1) is 13.0. The third kappa shape index (κ3) is 3.85. The number of amidine groups is 1. The highest BCUT2D eigenvalue weighted by Crippen LogP contribution is 2.33. The number of allylic oxidation sites excluding steroid dienone is 2. The molecule has 4 rings (SSSR count). The first-order valence-electron chi connectivity index (χ1n) is 9.01. The Morgan fingerprint density at radius 3 is 2.68 bits per heavy atom. The van der Waals surface area contributed by atoms with Crippen molar-refractivity contribution in [3.05, 3.63) is 59.8 Å². The van der Waals surface area contributed by atoms with E-state index in [0.717, 1.165) is 0 Å². The predicted molar refractivity (Wildman–Crippen MR) is 111 cm³/mol. The number of fused-ring (bicyclic) bond motifs is 1. The summed E-state index contributed by atoms with van der Waals surface area (Å²) in [6.45, 7) is 1.91. The van der Waals surface area contributed by atoms with Gasteiger partial charge in [-0.05, 0) is 30.2 Å². The molecule has 3 aliphatic heterocycles. The predicted octanol–water partition coefficient (Wildman–Crippen LogP) is 1.11. The Balaban J connectivity index is 0.00000225. The first kappa shape index (κ1) is 20.6. The SMILES string of the molecule is Cl.NC[C@@H]1CN(C(=O)C2=CC=CN3CCS(=O)(=O)N=C23)C[C@H]1c1ccccc1. The Bertz CT molecular complexity index is 943. The molecule has 1 aromatic carbocycles. The molecule has 150 valence electrons. The van der Waals surface area contributed by atoms with Crippen LogP contribution in [0.25, 0.3) is 0 Å². The van der Waals surface area contributed by atoms with E-state index in [1.807, 2.05) is 18.2 Å². The monoisotopic (exact) mass is 422 g/mol. The van der Waals surface area contributed by atoms with Crippen molar-refractivity contribution in [1.82, 2.24) is 9.80 Å². The van der Waals surface area contributed by atoms with Gasteiger partial charge in [0.05, 0.1) is 11.3 Å². The third-order valence-electron chi connectivity index (χ3n) is 5.35. The van der Waals surface area contributed by atoms with Gasteiger partial charge in [0.15, 0.2) is 5.84 Å². The van der Waals surface area contributed by atoms with E-state index in [4.69, 9.17) is 5.73 Å². The van der Waals surface area contributed by atoms with Gasteiger partial charge in [-0.2, -0.15) is 0 Å². The van der Waals surface area contributed by atoms with Gasteiger partial charge in [0, 0.05) is 31.8 Å². The maximum absolute atomic E-state index is 13.2. The highest BCUT2D eigenvalue weighted by Gasteiger charge is 2.38. The van der Waals surface area contributed by atoms with Crippen LogP contribution in [0, 0.1) is 5.92 Å². The molecular formula is C19H23ClN4O3S. The summed E-state index contributed by atoms with van der Waals surface area (Å²) in [6.07, 6.45) is 5.16. The second-order valence-electron chi connectivity index (χ2n) is 7.04. The standard InChI is InChI=1S/C19H22N4O3S.ClH/c20-11-15-12-23(13-17(15)14-5-2-1-3-6-14)19(24)16-7-4-8-22-9-10-27(25,26)21-18(16)22;/h1-8,15,17H,9-13,20H2;1H/t15-,17+;/m1./s1. The number of carbonyl (C=O) groups excluding carboxylic acids is 1. The molecule has 3 aliphatic rings. The molecule has 0 unspecified atom stereocenters. The van der Waals surface area contributed by atoms with Gasteiger partial charge < -0.3 is 15.5 Å². The molecule has 28 heavy (non-hydrogen) atoms. The van der Waals surface area contributed by atoms with Crippen LogP contribution in [-0.4, -0.2) is 61.9 Å². The molecule has 1 fully saturated rings. The first-order valence-corrected chi connectivity index (χ1v) is 10.6. The third-order valence-corrected chi connectivity index (χ3v) is 6.50. The van der Waals surface area contributed by atoms with Crippen molar-refractivity contribution in [2.45, 2.75) is 5.92 Å². The molecule has 7 nitrogen and oxygen atoms in total. The molecule has 0 bridgehead atoms. The minimum Gasteiger partial charge on any atom is -0.338 e. The van der Waals surface area contributed by atoms with Crippen LogP contribution in [0.4, 0.5) is 0 Å². The molecule has 0 radical (unpaired) electrons. The summed E-state index contributed by atoms with van der Waals surface area (Å²) in [5, 5.41) is 0. The van der Waals surface area contributed by atoms with E-state index in [2.05, 4.69) is 16.5 Å². The fraction of sp³-hybridized carbons (Fsp3) is 0.368. The van der Waals surface area contributed by atoms with Gasteiger partial charge in [-0.15, -0.1) is 16.8 Å². The van der Waals surface area contributed by atoms with Crippen LogP contribution in [0.2, 0.25) is 0 Å². The number of sulfonamides is 1. The van der Waals surface area contributed by atoms with Crippen molar-refractivity contribution in [3.8, 4) is 0 Å². The lowest BCUT2D eigenvalue weighted by Gasteiger charge is -2.30. The van der Waals surface area contributed by atoms with Crippen molar-refractivity contribution in [3.63, 3.8) is 0 Å². The Kier molecular flexibility index (Phi) is 5.92. The van der Waals surface area contributed by atoms with Crippen LogP contribution in [-0.2, 0) is 14.8 Å². The molecule has 0 aliphatic carbocycles. The van der Waals surface area contributed by atoms with E-state index < -0.39 is 10.0 Å². The van der Waals surface area contributed by atoms with E-state index in [1.54, 1.807) is 28.2 Å². The van der Waals surface area contributed by atoms with Gasteiger partial charge in [-0.1, -0.05) is 30.3 Å². The quantitative estimate of drug-likeness (QED) is 0.787. The Hall–Kier alpha value is -2.16. The van der Waals surface area contributed by atoms with E-state index in [1.165, 1.54) is 5.56 Å². The number of halogens is 1. The van der Waals surface area contributed by atoms with Crippen LogP contribution in [0.3, 0.4) is 0 Å². The summed E-state index contributed by atoms with van der Waals surface area (Å²) < 4.78 is 27.7. The van der Waals surface area contributed by atoms with E-state index in [0.29, 0.717) is 31.8 Å². The van der Waals surface area contributed by atoms with Crippen molar-refractivity contribution in [1.29, 1.82) is 0 Å². The fourth-order valence-corrected chi connectivity index (χ4v) is 4.89. The molecular weight excluding hydrogens is 400 g/mol. The number of nitrogens with two attached hydrogens (primary N) is 1. The second-order valence-corrected chi connectivity index (χ2v) is 8.79. The minimum absolute atomic E-state index is 0. The minimum atomic E-state index is -3.53. The number of hydrogen-bond donors (Lipinski definition) is 1. The lowest BCUT2D eigenvalue weighted by molar-refractivity contribution is -0.125. The molecule has 3 heterocycles. The molecule has 0 spiro atoms. The van der Waals surface area contributed by atoms with E-state index >= 15 is 0 Å². The molecule has 0 aromatic heterocycles. The number of rotatable bonds is 3. The number of benzene rings is 1. The van der Waals surface area contributed by atoms with Crippen molar-refractivity contribution in [2.75, 3.05) is 31.9 Å². The fourth-order valence-electron chi connectivity index (χ4n) is 3.91. The number of likely N-dealkylation sites (tertiary alicyclic amines) is 1. The molecule has 1 saturated heterocycles. The summed E-state index contributed by atoms with van der Waals surface area (Å²) in [7, 11) is -3.53. The summed E-state index contributed by atoms with van der Waals surface area (Å²) in [5.41, 5.74) is 7.46. The molecule has 2 N–H and O–H groups in total. The van der Waals surface area contributed by atoms with E-state index in [9.17, 15) is 13.2 Å². The second kappa shape index (κ2) is 8.06. The van der Waals surface area contributed by atoms with Gasteiger partial charge in [-0.25, -0.2) is 8.42 Å². The van der Waals surface area contributed by atoms with Gasteiger partial charge in [0.2, 0.25) is 0 Å². The summed E-state index contributed by atoms with van der Waals surface area (Å²) in [5.74, 6) is 0.327. The lowest BCUT2D eigenvalue weighted by Crippen LogP contribution is -2.43. The molecule has 1 amide bonds. The zero-order valence-corrected chi connectivity index (χ0v) is 16.9. The van der Waals surface area contributed by atoms with E-state index in [-0.39, 0.29) is 41.7 Å². The van der Waals surface area contributed by atoms with Crippen molar-refractivity contribution < 1.29 is 13.2 Å². The van der Waals surface area contributed by atoms with Crippen molar-refractivity contribution in [2.24, 2.45) is 16.0 Å². The van der Waals surface area contributed by atoms with Crippen LogP contribution in [0.1, 0.15) is 11.5 Å². The topological polar surface area (TPSA) is 96.1 Å². The molecule has 9 heteroatoms. The average molecular weight is 423 g/mol. The maximum atomic E-state index is 13.2. The molecule has 0 saturated carbocycles. The van der Waals surface area contributed by atoms with Crippen LogP contribution in [0.15, 0.2) is 58.7 Å². The van der Waals surface area contributed by atoms with Gasteiger partial charge in [0.25, 0.3) is 15.9 Å². The Labute approximate surface area is 171 Å². The largest absolute Gasteiger partial charge is 0.338 e. The number of nitrogens with zero attached hydrogens (tertiary/aromatic N) is 3. The Morgan fingerprint density at radius 1 is 1.21 bits per heavy atom. The Morgan fingerprint density at radius 2 is 1.96 bits per heavy atom. The van der Waals surface area contributed by atoms with Crippen LogP contribution >= 0.6 is 12.4 Å². The zero-order valence-electron chi connectivity index (χ0n) is 15.3. The molecule has 2 atom stereocenters. The average Bonchev–Trinajstić information content (AvgIpc) is 3.11. The van der Waals surface area contributed by atoms with Crippen molar-refractivity contribution >= 4 is 34.2 Å². The summed E-state index contributed by atoms with van der Waals surface area (Å²) >= 11 is 0. The van der Waals surface area contributed by atoms with Crippen LogP contribution < -0.4 is 5.73 Å². The number of hydrogen-bond acceptors (Lipinski definition) is 5. The van der Waals surface area contributed by atoms with Gasteiger partial charge in [0.1, 0.15) is 0 Å². The summed E-state index contributed by atoms with van der Waals surface area (Å²) in [4.78, 5) is 16.7. The number of carbonyl (C=O) groups is 1. The maximum Gasteiger partial charge on any atom is 0.257 e. The normalized spacial score (nSPS) is 25.5. The highest BCUT2D eigenvalue weighted by molar-refractivity contribution is 7.90. The summed E-state index contributed by atoms with van der Waals surface area (Å²) in [6, 6.07) is 10.1. The lowest BCUT2D eigenvalue weighted by atomic mass is 9.89. The zero-order chi connectivity index (χ0) is 19.0.